The lowest BCUT2D eigenvalue weighted by atomic mass is 9.90. The van der Waals surface area contributed by atoms with Crippen LogP contribution in [0.3, 0.4) is 0 Å². The van der Waals surface area contributed by atoms with Gasteiger partial charge < -0.3 is 11.5 Å². The van der Waals surface area contributed by atoms with Gasteiger partial charge in [0, 0.05) is 6.20 Å². The predicted octanol–water partition coefficient (Wildman–Crippen LogP) is 0.531. The Kier molecular flexibility index (Phi) is 3.16. The number of carbonyl (C=O) groups is 1. The van der Waals surface area contributed by atoms with Gasteiger partial charge in [0.05, 0.1) is 12.2 Å². The summed E-state index contributed by atoms with van der Waals surface area (Å²) >= 11 is 0. The van der Waals surface area contributed by atoms with Gasteiger partial charge >= 0.3 is 0 Å². The van der Waals surface area contributed by atoms with E-state index >= 15 is 0 Å². The quantitative estimate of drug-likeness (QED) is 0.822. The van der Waals surface area contributed by atoms with Gasteiger partial charge in [-0.3, -0.25) is 9.48 Å². The molecular weight excluding hydrogens is 228 g/mol. The van der Waals surface area contributed by atoms with Gasteiger partial charge in [0.2, 0.25) is 5.91 Å². The van der Waals surface area contributed by atoms with Crippen LogP contribution in [0.15, 0.2) is 42.6 Å². The minimum atomic E-state index is -1.25. The fourth-order valence-corrected chi connectivity index (χ4v) is 1.85. The number of hydrogen-bond donors (Lipinski definition) is 2. The van der Waals surface area contributed by atoms with Crippen LogP contribution in [0.1, 0.15) is 11.3 Å². The van der Waals surface area contributed by atoms with Gasteiger partial charge in [-0.1, -0.05) is 30.3 Å². The van der Waals surface area contributed by atoms with E-state index in [4.69, 9.17) is 11.5 Å². The minimum Gasteiger partial charge on any atom is -0.368 e. The van der Waals surface area contributed by atoms with E-state index in [0.717, 1.165) is 5.69 Å². The Balaban J connectivity index is 2.36. The first-order valence-electron chi connectivity index (χ1n) is 5.67. The van der Waals surface area contributed by atoms with Gasteiger partial charge in [0.1, 0.15) is 5.54 Å². The molecule has 5 nitrogen and oxygen atoms in total. The van der Waals surface area contributed by atoms with Gasteiger partial charge in [0.25, 0.3) is 0 Å². The number of nitrogens with zero attached hydrogens (tertiary/aromatic N) is 2. The van der Waals surface area contributed by atoms with Gasteiger partial charge in [-0.2, -0.15) is 5.10 Å². The summed E-state index contributed by atoms with van der Waals surface area (Å²) in [5.41, 5.74) is 11.9. The monoisotopic (exact) mass is 244 g/mol. The van der Waals surface area contributed by atoms with Crippen LogP contribution in [0.5, 0.6) is 0 Å². The van der Waals surface area contributed by atoms with Crippen molar-refractivity contribution in [1.82, 2.24) is 9.78 Å². The van der Waals surface area contributed by atoms with Gasteiger partial charge in [0.15, 0.2) is 0 Å². The molecule has 0 saturated carbocycles. The minimum absolute atomic E-state index is 0.222. The first kappa shape index (κ1) is 12.3. The van der Waals surface area contributed by atoms with Gasteiger partial charge in [-0.25, -0.2) is 0 Å². The molecule has 0 spiro atoms. The van der Waals surface area contributed by atoms with Crippen LogP contribution in [0.4, 0.5) is 0 Å². The summed E-state index contributed by atoms with van der Waals surface area (Å²) in [7, 11) is 0. The van der Waals surface area contributed by atoms with E-state index in [1.165, 1.54) is 0 Å². The standard InChI is InChI=1S/C13H16N4O/c1-10-7-8-17(16-10)9-13(15,12(14)18)11-5-3-2-4-6-11/h2-8H,9,15H2,1H3,(H2,14,18). The van der Waals surface area contributed by atoms with Crippen molar-refractivity contribution in [3.63, 3.8) is 0 Å². The van der Waals surface area contributed by atoms with Gasteiger partial charge in [-0.15, -0.1) is 0 Å². The fraction of sp³-hybridized carbons (Fsp3) is 0.231. The molecule has 1 aromatic heterocycles. The maximum Gasteiger partial charge on any atom is 0.244 e. The summed E-state index contributed by atoms with van der Waals surface area (Å²) in [5, 5.41) is 4.23. The summed E-state index contributed by atoms with van der Waals surface area (Å²) in [4.78, 5) is 11.7. The van der Waals surface area contributed by atoms with Crippen LogP contribution in [0, 0.1) is 6.92 Å². The van der Waals surface area contributed by atoms with Crippen molar-refractivity contribution < 1.29 is 4.79 Å². The number of nitrogens with two attached hydrogens (primary N) is 2. The number of aryl methyl sites for hydroxylation is 1. The van der Waals surface area contributed by atoms with E-state index in [-0.39, 0.29) is 6.54 Å². The molecule has 0 aliphatic rings. The molecule has 0 aliphatic heterocycles. The summed E-state index contributed by atoms with van der Waals surface area (Å²) in [6.45, 7) is 2.10. The molecule has 0 saturated heterocycles. The highest BCUT2D eigenvalue weighted by Crippen LogP contribution is 2.20. The number of benzene rings is 1. The number of aromatic nitrogens is 2. The molecule has 1 atom stereocenters. The highest BCUT2D eigenvalue weighted by molar-refractivity contribution is 5.85. The van der Waals surface area contributed by atoms with E-state index in [2.05, 4.69) is 5.10 Å². The third kappa shape index (κ3) is 2.26. The molecule has 2 rings (SSSR count). The number of primary amides is 1. The van der Waals surface area contributed by atoms with Crippen molar-refractivity contribution in [2.75, 3.05) is 0 Å². The number of hydrogen-bond acceptors (Lipinski definition) is 3. The van der Waals surface area contributed by atoms with Crippen molar-refractivity contribution in [3.05, 3.63) is 53.9 Å². The molecular formula is C13H16N4O. The molecule has 0 aliphatic carbocycles. The Morgan fingerprint density at radius 1 is 1.33 bits per heavy atom. The molecule has 1 aromatic carbocycles. The van der Waals surface area contributed by atoms with Crippen LogP contribution in [-0.2, 0) is 16.9 Å². The SMILES string of the molecule is Cc1ccn(CC(N)(C(N)=O)c2ccccc2)n1. The summed E-state index contributed by atoms with van der Waals surface area (Å²) in [6, 6.07) is 11.0. The zero-order chi connectivity index (χ0) is 13.2. The first-order chi connectivity index (χ1) is 8.52. The average molecular weight is 244 g/mol. The van der Waals surface area contributed by atoms with E-state index in [0.29, 0.717) is 5.56 Å². The van der Waals surface area contributed by atoms with E-state index < -0.39 is 11.4 Å². The Labute approximate surface area is 105 Å². The predicted molar refractivity (Wildman–Crippen MR) is 68.5 cm³/mol. The topological polar surface area (TPSA) is 86.9 Å². The van der Waals surface area contributed by atoms with Crippen molar-refractivity contribution in [2.45, 2.75) is 19.0 Å². The highest BCUT2D eigenvalue weighted by Gasteiger charge is 2.34. The van der Waals surface area contributed by atoms with Crippen molar-refractivity contribution in [2.24, 2.45) is 11.5 Å². The van der Waals surface area contributed by atoms with Crippen molar-refractivity contribution in [1.29, 1.82) is 0 Å². The van der Waals surface area contributed by atoms with E-state index in [1.807, 2.05) is 31.2 Å². The second kappa shape index (κ2) is 4.62. The fourth-order valence-electron chi connectivity index (χ4n) is 1.85. The smallest absolute Gasteiger partial charge is 0.244 e. The molecule has 1 unspecified atom stereocenters. The van der Waals surface area contributed by atoms with Gasteiger partial charge in [-0.05, 0) is 18.6 Å². The average Bonchev–Trinajstić information content (AvgIpc) is 2.75. The van der Waals surface area contributed by atoms with Crippen molar-refractivity contribution >= 4 is 5.91 Å². The summed E-state index contributed by atoms with van der Waals surface area (Å²) in [6.07, 6.45) is 1.78. The zero-order valence-electron chi connectivity index (χ0n) is 10.2. The van der Waals surface area contributed by atoms with Crippen LogP contribution in [0.2, 0.25) is 0 Å². The molecule has 18 heavy (non-hydrogen) atoms. The number of carbonyl (C=O) groups excluding carboxylic acids is 1. The lowest BCUT2D eigenvalue weighted by Gasteiger charge is -2.26. The van der Waals surface area contributed by atoms with E-state index in [1.54, 1.807) is 23.0 Å². The Morgan fingerprint density at radius 2 is 2.00 bits per heavy atom. The molecule has 1 heterocycles. The van der Waals surface area contributed by atoms with Crippen LogP contribution >= 0.6 is 0 Å². The Bertz CT molecular complexity index is 549. The summed E-state index contributed by atoms with van der Waals surface area (Å²) in [5.74, 6) is -0.568. The molecule has 0 radical (unpaired) electrons. The second-order valence-corrected chi connectivity index (χ2v) is 4.36. The molecule has 0 bridgehead atoms. The van der Waals surface area contributed by atoms with Crippen molar-refractivity contribution in [3.8, 4) is 0 Å². The number of rotatable bonds is 4. The Hall–Kier alpha value is -2.14. The number of amides is 1. The maximum atomic E-state index is 11.7. The molecule has 2 aromatic rings. The first-order valence-corrected chi connectivity index (χ1v) is 5.67. The molecule has 94 valence electrons. The van der Waals surface area contributed by atoms with E-state index in [9.17, 15) is 4.79 Å². The third-order valence-electron chi connectivity index (χ3n) is 2.91. The van der Waals surface area contributed by atoms with Crippen LogP contribution < -0.4 is 11.5 Å². The largest absolute Gasteiger partial charge is 0.368 e. The molecule has 4 N–H and O–H groups in total. The molecule has 5 heteroatoms. The second-order valence-electron chi connectivity index (χ2n) is 4.36. The normalized spacial score (nSPS) is 14.1. The maximum absolute atomic E-state index is 11.7. The Morgan fingerprint density at radius 3 is 2.50 bits per heavy atom. The highest BCUT2D eigenvalue weighted by atomic mass is 16.1. The molecule has 1 amide bonds. The third-order valence-corrected chi connectivity index (χ3v) is 2.91. The molecule has 0 fully saturated rings. The van der Waals surface area contributed by atoms with Crippen LogP contribution in [-0.4, -0.2) is 15.7 Å². The zero-order valence-corrected chi connectivity index (χ0v) is 10.2. The lowest BCUT2D eigenvalue weighted by Crippen LogP contribution is -2.52. The lowest BCUT2D eigenvalue weighted by molar-refractivity contribution is -0.124. The summed E-state index contributed by atoms with van der Waals surface area (Å²) < 4.78 is 1.63. The van der Waals surface area contributed by atoms with Crippen LogP contribution in [0.25, 0.3) is 0 Å².